The molecule has 0 aliphatic carbocycles. The molecule has 0 bridgehead atoms. The summed E-state index contributed by atoms with van der Waals surface area (Å²) in [6, 6.07) is 15.1. The summed E-state index contributed by atoms with van der Waals surface area (Å²) in [5.41, 5.74) is 2.28. The Morgan fingerprint density at radius 1 is 1.09 bits per heavy atom. The van der Waals surface area contributed by atoms with E-state index in [2.05, 4.69) is 10.2 Å². The SMILES string of the molecule is Cc1ccc(OCCOC(=O)c2n[nH]c3ccccc23)cc1. The van der Waals surface area contributed by atoms with Gasteiger partial charge in [0, 0.05) is 5.39 Å². The number of carbonyl (C=O) groups excluding carboxylic acids is 1. The third-order valence-corrected chi connectivity index (χ3v) is 3.27. The van der Waals surface area contributed by atoms with Gasteiger partial charge in [-0.2, -0.15) is 5.10 Å². The van der Waals surface area contributed by atoms with Gasteiger partial charge in [-0.25, -0.2) is 4.79 Å². The number of rotatable bonds is 5. The van der Waals surface area contributed by atoms with Crippen LogP contribution in [0, 0.1) is 6.92 Å². The number of H-pyrrole nitrogens is 1. The molecule has 1 heterocycles. The molecule has 5 heteroatoms. The molecule has 3 aromatic rings. The van der Waals surface area contributed by atoms with Crippen LogP contribution in [0.25, 0.3) is 10.9 Å². The van der Waals surface area contributed by atoms with Gasteiger partial charge in [0.2, 0.25) is 0 Å². The number of esters is 1. The molecule has 0 fully saturated rings. The number of nitrogens with one attached hydrogen (secondary N) is 1. The average Bonchev–Trinajstić information content (AvgIpc) is 2.97. The Hall–Kier alpha value is -2.82. The Labute approximate surface area is 127 Å². The first-order valence-corrected chi connectivity index (χ1v) is 7.04. The summed E-state index contributed by atoms with van der Waals surface area (Å²) in [4.78, 5) is 12.0. The van der Waals surface area contributed by atoms with Crippen LogP contribution in [0.1, 0.15) is 16.1 Å². The predicted molar refractivity (Wildman–Crippen MR) is 83.1 cm³/mol. The molecule has 0 atom stereocenters. The summed E-state index contributed by atoms with van der Waals surface area (Å²) in [5, 5.41) is 7.57. The molecule has 22 heavy (non-hydrogen) atoms. The molecular weight excluding hydrogens is 280 g/mol. The minimum absolute atomic E-state index is 0.175. The van der Waals surface area contributed by atoms with Gasteiger partial charge in [0.1, 0.15) is 19.0 Å². The Bertz CT molecular complexity index is 778. The molecule has 1 aromatic heterocycles. The van der Waals surface area contributed by atoms with Crippen molar-refractivity contribution in [3.8, 4) is 5.75 Å². The number of hydrogen-bond acceptors (Lipinski definition) is 4. The standard InChI is InChI=1S/C17H16N2O3/c1-12-6-8-13(9-7-12)21-10-11-22-17(20)16-14-4-2-3-5-15(14)18-19-16/h2-9H,10-11H2,1H3,(H,18,19). The molecule has 0 aliphatic heterocycles. The van der Waals surface area contributed by atoms with Crippen LogP contribution in [0.3, 0.4) is 0 Å². The number of hydrogen-bond donors (Lipinski definition) is 1. The number of nitrogens with zero attached hydrogens (tertiary/aromatic N) is 1. The average molecular weight is 296 g/mol. The van der Waals surface area contributed by atoms with Crippen LogP contribution in [0.15, 0.2) is 48.5 Å². The fourth-order valence-electron chi connectivity index (χ4n) is 2.12. The molecule has 0 amide bonds. The van der Waals surface area contributed by atoms with Gasteiger partial charge in [0.25, 0.3) is 0 Å². The molecule has 0 unspecified atom stereocenters. The molecule has 3 rings (SSSR count). The minimum atomic E-state index is -0.454. The summed E-state index contributed by atoms with van der Waals surface area (Å²) >= 11 is 0. The van der Waals surface area contributed by atoms with Crippen LogP contribution >= 0.6 is 0 Å². The number of fused-ring (bicyclic) bond motifs is 1. The molecule has 112 valence electrons. The third kappa shape index (κ3) is 3.09. The number of carbonyl (C=O) groups is 1. The van der Waals surface area contributed by atoms with Crippen molar-refractivity contribution < 1.29 is 14.3 Å². The van der Waals surface area contributed by atoms with Gasteiger partial charge in [0.15, 0.2) is 5.69 Å². The van der Waals surface area contributed by atoms with E-state index in [0.29, 0.717) is 12.3 Å². The number of aromatic nitrogens is 2. The van der Waals surface area contributed by atoms with E-state index in [1.807, 2.05) is 55.5 Å². The zero-order chi connectivity index (χ0) is 15.4. The van der Waals surface area contributed by atoms with Crippen molar-refractivity contribution in [1.29, 1.82) is 0 Å². The smallest absolute Gasteiger partial charge is 0.359 e. The maximum atomic E-state index is 12.0. The first kappa shape index (κ1) is 14.1. The summed E-state index contributed by atoms with van der Waals surface area (Å²) < 4.78 is 10.7. The highest BCUT2D eigenvalue weighted by molar-refractivity contribution is 6.01. The van der Waals surface area contributed by atoms with E-state index in [1.54, 1.807) is 0 Å². The molecule has 0 aliphatic rings. The van der Waals surface area contributed by atoms with E-state index in [4.69, 9.17) is 9.47 Å². The zero-order valence-electron chi connectivity index (χ0n) is 12.2. The van der Waals surface area contributed by atoms with Crippen LogP contribution in [-0.2, 0) is 4.74 Å². The second-order valence-corrected chi connectivity index (χ2v) is 4.92. The van der Waals surface area contributed by atoms with Gasteiger partial charge in [-0.15, -0.1) is 0 Å². The fourth-order valence-corrected chi connectivity index (χ4v) is 2.12. The lowest BCUT2D eigenvalue weighted by Gasteiger charge is -2.07. The van der Waals surface area contributed by atoms with Crippen molar-refractivity contribution in [2.24, 2.45) is 0 Å². The Morgan fingerprint density at radius 3 is 2.68 bits per heavy atom. The lowest BCUT2D eigenvalue weighted by Crippen LogP contribution is -2.13. The normalized spacial score (nSPS) is 10.6. The maximum Gasteiger partial charge on any atom is 0.359 e. The van der Waals surface area contributed by atoms with Crippen molar-refractivity contribution in [1.82, 2.24) is 10.2 Å². The number of para-hydroxylation sites is 1. The molecule has 0 spiro atoms. The van der Waals surface area contributed by atoms with E-state index in [-0.39, 0.29) is 6.61 Å². The second kappa shape index (κ2) is 6.30. The molecule has 0 saturated carbocycles. The second-order valence-electron chi connectivity index (χ2n) is 4.92. The number of ether oxygens (including phenoxy) is 2. The number of aromatic amines is 1. The van der Waals surface area contributed by atoms with Crippen LogP contribution in [0.4, 0.5) is 0 Å². The van der Waals surface area contributed by atoms with Gasteiger partial charge >= 0.3 is 5.97 Å². The van der Waals surface area contributed by atoms with Gasteiger partial charge in [-0.05, 0) is 25.1 Å². The van der Waals surface area contributed by atoms with Crippen LogP contribution in [-0.4, -0.2) is 29.4 Å². The summed E-state index contributed by atoms with van der Waals surface area (Å²) in [7, 11) is 0. The Balaban J connectivity index is 1.53. The summed E-state index contributed by atoms with van der Waals surface area (Å²) in [6.07, 6.45) is 0. The van der Waals surface area contributed by atoms with Gasteiger partial charge in [-0.1, -0.05) is 35.9 Å². The first-order chi connectivity index (χ1) is 10.7. The van der Waals surface area contributed by atoms with Gasteiger partial charge in [0.05, 0.1) is 5.52 Å². The molecule has 0 saturated heterocycles. The molecule has 2 aromatic carbocycles. The van der Waals surface area contributed by atoms with E-state index in [1.165, 1.54) is 5.56 Å². The van der Waals surface area contributed by atoms with E-state index >= 15 is 0 Å². The number of benzene rings is 2. The monoisotopic (exact) mass is 296 g/mol. The van der Waals surface area contributed by atoms with Crippen LogP contribution in [0.2, 0.25) is 0 Å². The summed E-state index contributed by atoms with van der Waals surface area (Å²) in [6.45, 7) is 2.49. The quantitative estimate of drug-likeness (QED) is 0.580. The highest BCUT2D eigenvalue weighted by Crippen LogP contribution is 2.16. The molecular formula is C17H16N2O3. The maximum absolute atomic E-state index is 12.0. The van der Waals surface area contributed by atoms with E-state index in [0.717, 1.165) is 16.7 Å². The van der Waals surface area contributed by atoms with Crippen LogP contribution < -0.4 is 4.74 Å². The fraction of sp³-hybridized carbons (Fsp3) is 0.176. The predicted octanol–water partition coefficient (Wildman–Crippen LogP) is 3.11. The van der Waals surface area contributed by atoms with Crippen molar-refractivity contribution >= 4 is 16.9 Å². The van der Waals surface area contributed by atoms with Crippen molar-refractivity contribution in [3.63, 3.8) is 0 Å². The van der Waals surface area contributed by atoms with E-state index in [9.17, 15) is 4.79 Å². The Morgan fingerprint density at radius 2 is 1.86 bits per heavy atom. The Kier molecular flexibility index (Phi) is 4.05. The third-order valence-electron chi connectivity index (χ3n) is 3.27. The van der Waals surface area contributed by atoms with Crippen LogP contribution in [0.5, 0.6) is 5.75 Å². The topological polar surface area (TPSA) is 64.2 Å². The lowest BCUT2D eigenvalue weighted by molar-refractivity contribution is 0.0446. The largest absolute Gasteiger partial charge is 0.490 e. The van der Waals surface area contributed by atoms with Crippen molar-refractivity contribution in [3.05, 3.63) is 59.8 Å². The van der Waals surface area contributed by atoms with Gasteiger partial charge < -0.3 is 9.47 Å². The minimum Gasteiger partial charge on any atom is -0.490 e. The zero-order valence-corrected chi connectivity index (χ0v) is 12.2. The molecule has 1 N–H and O–H groups in total. The highest BCUT2D eigenvalue weighted by Gasteiger charge is 2.14. The van der Waals surface area contributed by atoms with Gasteiger partial charge in [-0.3, -0.25) is 5.10 Å². The molecule has 0 radical (unpaired) electrons. The summed E-state index contributed by atoms with van der Waals surface area (Å²) in [5.74, 6) is 0.303. The van der Waals surface area contributed by atoms with Crippen molar-refractivity contribution in [2.75, 3.05) is 13.2 Å². The highest BCUT2D eigenvalue weighted by atomic mass is 16.6. The number of aryl methyl sites for hydroxylation is 1. The molecule has 5 nitrogen and oxygen atoms in total. The van der Waals surface area contributed by atoms with Crippen molar-refractivity contribution in [2.45, 2.75) is 6.92 Å². The first-order valence-electron chi connectivity index (χ1n) is 7.04. The van der Waals surface area contributed by atoms with E-state index < -0.39 is 5.97 Å². The lowest BCUT2D eigenvalue weighted by atomic mass is 10.2.